The van der Waals surface area contributed by atoms with E-state index in [0.717, 1.165) is 15.2 Å². The van der Waals surface area contributed by atoms with Gasteiger partial charge in [-0.15, -0.1) is 23.1 Å². The standard InChI is InChI=1S/C10H9FOS2/c1-13-8-5-14-10-6(4-12)2-3-7(11)9(8)10/h2-3,5,12H,4H2,1H3. The molecule has 14 heavy (non-hydrogen) atoms. The van der Waals surface area contributed by atoms with Crippen molar-refractivity contribution in [1.29, 1.82) is 0 Å². The molecule has 1 heterocycles. The lowest BCUT2D eigenvalue weighted by Gasteiger charge is -2.00. The zero-order chi connectivity index (χ0) is 10.1. The smallest absolute Gasteiger partial charge is 0.133 e. The van der Waals surface area contributed by atoms with E-state index < -0.39 is 0 Å². The fourth-order valence-corrected chi connectivity index (χ4v) is 3.36. The van der Waals surface area contributed by atoms with Crippen LogP contribution in [0, 0.1) is 5.82 Å². The summed E-state index contributed by atoms with van der Waals surface area (Å²) in [6.45, 7) is -0.0366. The van der Waals surface area contributed by atoms with Crippen LogP contribution in [0.4, 0.5) is 4.39 Å². The molecule has 0 radical (unpaired) electrons. The quantitative estimate of drug-likeness (QED) is 0.796. The number of aliphatic hydroxyl groups excluding tert-OH is 1. The van der Waals surface area contributed by atoms with E-state index in [1.807, 2.05) is 11.6 Å². The van der Waals surface area contributed by atoms with Crippen LogP contribution in [0.3, 0.4) is 0 Å². The van der Waals surface area contributed by atoms with E-state index in [1.165, 1.54) is 29.2 Å². The minimum absolute atomic E-state index is 0.0366. The van der Waals surface area contributed by atoms with E-state index in [0.29, 0.717) is 5.39 Å². The first-order chi connectivity index (χ1) is 6.77. The molecule has 0 unspecified atom stereocenters. The van der Waals surface area contributed by atoms with Gasteiger partial charge in [0.05, 0.1) is 6.61 Å². The molecule has 0 fully saturated rings. The highest BCUT2D eigenvalue weighted by atomic mass is 32.2. The van der Waals surface area contributed by atoms with Gasteiger partial charge in [-0.1, -0.05) is 6.07 Å². The Labute approximate surface area is 89.6 Å². The maximum Gasteiger partial charge on any atom is 0.133 e. The maximum absolute atomic E-state index is 13.5. The molecule has 1 N–H and O–H groups in total. The number of thioether (sulfide) groups is 1. The van der Waals surface area contributed by atoms with Gasteiger partial charge in [-0.25, -0.2) is 4.39 Å². The van der Waals surface area contributed by atoms with Crippen LogP contribution in [0.25, 0.3) is 10.1 Å². The van der Waals surface area contributed by atoms with E-state index in [1.54, 1.807) is 6.07 Å². The number of rotatable bonds is 2. The summed E-state index contributed by atoms with van der Waals surface area (Å²) in [6, 6.07) is 3.05. The fourth-order valence-electron chi connectivity index (χ4n) is 1.41. The SMILES string of the molecule is CSc1csc2c(CO)ccc(F)c12. The molecular formula is C10H9FOS2. The summed E-state index contributed by atoms with van der Waals surface area (Å²) in [4.78, 5) is 0.942. The third-order valence-electron chi connectivity index (χ3n) is 2.11. The Morgan fingerprint density at radius 3 is 2.93 bits per heavy atom. The van der Waals surface area contributed by atoms with Crippen LogP contribution >= 0.6 is 23.1 Å². The van der Waals surface area contributed by atoms with Gasteiger partial charge in [0.1, 0.15) is 5.82 Å². The summed E-state index contributed by atoms with van der Waals surface area (Å²) >= 11 is 3.01. The minimum atomic E-state index is -0.206. The highest BCUT2D eigenvalue weighted by molar-refractivity contribution is 7.99. The Morgan fingerprint density at radius 2 is 2.29 bits per heavy atom. The van der Waals surface area contributed by atoms with E-state index >= 15 is 0 Å². The lowest BCUT2D eigenvalue weighted by atomic mass is 10.2. The van der Waals surface area contributed by atoms with E-state index in [-0.39, 0.29) is 12.4 Å². The van der Waals surface area contributed by atoms with Crippen molar-refractivity contribution in [2.24, 2.45) is 0 Å². The Balaban J connectivity index is 2.80. The average molecular weight is 228 g/mol. The van der Waals surface area contributed by atoms with Crippen LogP contribution < -0.4 is 0 Å². The van der Waals surface area contributed by atoms with Crippen LogP contribution in [0.1, 0.15) is 5.56 Å². The second kappa shape index (κ2) is 3.88. The third-order valence-corrected chi connectivity index (χ3v) is 4.08. The Morgan fingerprint density at radius 1 is 1.50 bits per heavy atom. The van der Waals surface area contributed by atoms with Crippen molar-refractivity contribution in [3.05, 3.63) is 28.9 Å². The van der Waals surface area contributed by atoms with Gasteiger partial charge < -0.3 is 5.11 Å². The van der Waals surface area contributed by atoms with Gasteiger partial charge in [-0.05, 0) is 17.9 Å². The second-order valence-corrected chi connectivity index (χ2v) is 4.60. The predicted molar refractivity (Wildman–Crippen MR) is 59.5 cm³/mol. The van der Waals surface area contributed by atoms with Gasteiger partial charge in [-0.3, -0.25) is 0 Å². The summed E-state index contributed by atoms with van der Waals surface area (Å²) in [7, 11) is 0. The molecule has 0 amide bonds. The molecule has 0 saturated heterocycles. The van der Waals surface area contributed by atoms with Gasteiger partial charge >= 0.3 is 0 Å². The highest BCUT2D eigenvalue weighted by Crippen LogP contribution is 2.36. The molecule has 1 aromatic carbocycles. The summed E-state index contributed by atoms with van der Waals surface area (Å²) in [5.74, 6) is -0.206. The van der Waals surface area contributed by atoms with E-state index in [4.69, 9.17) is 5.11 Å². The summed E-state index contributed by atoms with van der Waals surface area (Å²) in [6.07, 6.45) is 1.92. The topological polar surface area (TPSA) is 20.2 Å². The molecule has 4 heteroatoms. The lowest BCUT2D eigenvalue weighted by molar-refractivity contribution is 0.283. The average Bonchev–Trinajstić information content (AvgIpc) is 2.63. The molecule has 0 bridgehead atoms. The van der Waals surface area contributed by atoms with Gasteiger partial charge in [-0.2, -0.15) is 0 Å². The van der Waals surface area contributed by atoms with Crippen molar-refractivity contribution in [1.82, 2.24) is 0 Å². The number of aliphatic hydroxyl groups is 1. The molecule has 0 aliphatic rings. The maximum atomic E-state index is 13.5. The van der Waals surface area contributed by atoms with Crippen molar-refractivity contribution >= 4 is 33.2 Å². The number of hydrogen-bond acceptors (Lipinski definition) is 3. The number of fused-ring (bicyclic) bond motifs is 1. The largest absolute Gasteiger partial charge is 0.392 e. The van der Waals surface area contributed by atoms with Gasteiger partial charge in [0.15, 0.2) is 0 Å². The Hall–Kier alpha value is -0.580. The van der Waals surface area contributed by atoms with Gasteiger partial charge in [0.2, 0.25) is 0 Å². The number of thiophene rings is 1. The van der Waals surface area contributed by atoms with Crippen LogP contribution in [0.2, 0.25) is 0 Å². The minimum Gasteiger partial charge on any atom is -0.392 e. The second-order valence-electron chi connectivity index (χ2n) is 2.87. The summed E-state index contributed by atoms with van der Waals surface area (Å²) in [5, 5.41) is 11.7. The van der Waals surface area contributed by atoms with Crippen molar-refractivity contribution in [3.63, 3.8) is 0 Å². The lowest BCUT2D eigenvalue weighted by Crippen LogP contribution is -1.85. The molecular weight excluding hydrogens is 219 g/mol. The fraction of sp³-hybridized carbons (Fsp3) is 0.200. The highest BCUT2D eigenvalue weighted by Gasteiger charge is 2.11. The summed E-state index contributed by atoms with van der Waals surface area (Å²) in [5.41, 5.74) is 0.798. The van der Waals surface area contributed by atoms with Crippen LogP contribution in [0.5, 0.6) is 0 Å². The normalized spacial score (nSPS) is 11.1. The van der Waals surface area contributed by atoms with Crippen molar-refractivity contribution < 1.29 is 9.50 Å². The van der Waals surface area contributed by atoms with Gasteiger partial charge in [0, 0.05) is 20.4 Å². The first-order valence-corrected chi connectivity index (χ1v) is 6.21. The van der Waals surface area contributed by atoms with Crippen LogP contribution in [-0.4, -0.2) is 11.4 Å². The van der Waals surface area contributed by atoms with Crippen molar-refractivity contribution in [2.75, 3.05) is 6.26 Å². The monoisotopic (exact) mass is 228 g/mol. The van der Waals surface area contributed by atoms with Crippen LogP contribution in [-0.2, 0) is 6.61 Å². The van der Waals surface area contributed by atoms with Crippen molar-refractivity contribution in [3.8, 4) is 0 Å². The number of benzene rings is 1. The molecule has 1 nitrogen and oxygen atoms in total. The Bertz CT molecular complexity index is 464. The Kier molecular flexibility index (Phi) is 2.76. The first kappa shape index (κ1) is 9.96. The molecule has 0 aliphatic carbocycles. The number of halogens is 1. The number of hydrogen-bond donors (Lipinski definition) is 1. The molecule has 1 aromatic heterocycles. The molecule has 0 aliphatic heterocycles. The molecule has 74 valence electrons. The zero-order valence-corrected chi connectivity index (χ0v) is 9.21. The zero-order valence-electron chi connectivity index (χ0n) is 7.58. The van der Waals surface area contributed by atoms with E-state index in [2.05, 4.69) is 0 Å². The van der Waals surface area contributed by atoms with Crippen molar-refractivity contribution in [2.45, 2.75) is 11.5 Å². The van der Waals surface area contributed by atoms with Crippen LogP contribution in [0.15, 0.2) is 22.4 Å². The predicted octanol–water partition coefficient (Wildman–Crippen LogP) is 3.25. The molecule has 2 rings (SSSR count). The van der Waals surface area contributed by atoms with E-state index in [9.17, 15) is 4.39 Å². The summed E-state index contributed by atoms with van der Waals surface area (Å²) < 4.78 is 14.4. The third kappa shape index (κ3) is 1.43. The van der Waals surface area contributed by atoms with Gasteiger partial charge in [0.25, 0.3) is 0 Å². The molecule has 2 aromatic rings. The molecule has 0 spiro atoms. The molecule has 0 saturated carbocycles. The molecule has 0 atom stereocenters. The first-order valence-electron chi connectivity index (χ1n) is 4.11.